The SMILES string of the molecule is C[C@@H](c1ccccc1)N([C@@H](C)c1ccccc1)p1oc2ccc3ccccc3c2c2c(ccc3ccccc32)o1.FC(F)(F)c1cc([B-](c2cc(C(F)(F)F)cc(C(F)(F)F)c2)(c2cc(C(F)(F)F)cc(C(F)(F)F)c2)c2cc(C(F)(F)F)cc(C(F)(F)F)c2)cc(C(F)(F)F)c1.[CH2][CH][CH2].[Ni+2]. The minimum Gasteiger partial charge on any atom is -0.408 e. The Morgan fingerprint density at radius 2 is 0.545 bits per heavy atom. The number of alkyl halides is 24. The molecular weight excluding hydrogens is 1460 g/mol. The van der Waals surface area contributed by atoms with Crippen LogP contribution in [0.1, 0.15) is 81.6 Å². The van der Waals surface area contributed by atoms with Crippen LogP contribution in [0.15, 0.2) is 215 Å². The first-order valence-corrected chi connectivity index (χ1v) is 30.3. The summed E-state index contributed by atoms with van der Waals surface area (Å²) >= 11 is 0. The Hall–Kier alpha value is -8.54. The Balaban J connectivity index is 0.000000257. The van der Waals surface area contributed by atoms with E-state index < -0.39 is 203 Å². The van der Waals surface area contributed by atoms with E-state index in [4.69, 9.17) is 8.39 Å². The molecule has 0 N–H and O–H groups in total. The maximum absolute atomic E-state index is 14.2. The topological polar surface area (TPSA) is 29.5 Å². The van der Waals surface area contributed by atoms with E-state index in [0.29, 0.717) is 0 Å². The molecule has 3 radical (unpaired) electrons. The number of nitrogens with zero attached hydrogens (tertiary/aromatic N) is 1. The monoisotopic (exact) mass is 1500 g/mol. The maximum Gasteiger partial charge on any atom is 2.00 e. The smallest absolute Gasteiger partial charge is 0.408 e. The van der Waals surface area contributed by atoms with Crippen molar-refractivity contribution >= 4 is 79.6 Å². The van der Waals surface area contributed by atoms with Crippen LogP contribution < -0.4 is 26.5 Å². The third-order valence-electron chi connectivity index (χ3n) is 16.4. The first-order valence-electron chi connectivity index (χ1n) is 29.2. The van der Waals surface area contributed by atoms with E-state index >= 15 is 0 Å². The van der Waals surface area contributed by atoms with Gasteiger partial charge < -0.3 is 8.39 Å². The summed E-state index contributed by atoms with van der Waals surface area (Å²) in [7, 11) is -1.54. The van der Waals surface area contributed by atoms with Crippen molar-refractivity contribution in [1.82, 2.24) is 0 Å². The number of fused-ring (bicyclic) bond motifs is 7. The van der Waals surface area contributed by atoms with Crippen molar-refractivity contribution in [2.24, 2.45) is 0 Å². The van der Waals surface area contributed by atoms with Crippen molar-refractivity contribution in [2.75, 3.05) is 4.67 Å². The second-order valence-corrected chi connectivity index (χ2v) is 24.1. The molecule has 3 nitrogen and oxygen atoms in total. The molecule has 533 valence electrons. The summed E-state index contributed by atoms with van der Waals surface area (Å²) < 4.78 is 357. The Bertz CT molecular complexity index is 4210. The van der Waals surface area contributed by atoms with Gasteiger partial charge in [0.2, 0.25) is 0 Å². The van der Waals surface area contributed by atoms with Gasteiger partial charge in [-0.1, -0.05) is 170 Å². The minimum atomic E-state index is -6.13. The van der Waals surface area contributed by atoms with Gasteiger partial charge in [0.05, 0.1) is 44.5 Å². The fourth-order valence-electron chi connectivity index (χ4n) is 11.9. The molecule has 11 rings (SSSR count). The second kappa shape index (κ2) is 29.1. The molecular formula is C71H47BF24NNiO2P+. The van der Waals surface area contributed by atoms with E-state index in [0.717, 1.165) is 32.7 Å². The van der Waals surface area contributed by atoms with E-state index in [-0.39, 0.29) is 28.6 Å². The van der Waals surface area contributed by atoms with Crippen LogP contribution in [0.5, 0.6) is 0 Å². The Labute approximate surface area is 569 Å². The summed E-state index contributed by atoms with van der Waals surface area (Å²) in [5, 5.41) is 6.88. The minimum absolute atomic E-state index is 0. The molecule has 0 fully saturated rings. The van der Waals surface area contributed by atoms with Crippen LogP contribution >= 0.6 is 8.16 Å². The fourth-order valence-corrected chi connectivity index (χ4v) is 13.6. The summed E-state index contributed by atoms with van der Waals surface area (Å²) in [5.41, 5.74) is -26.1. The van der Waals surface area contributed by atoms with Crippen LogP contribution in [0, 0.1) is 20.3 Å². The van der Waals surface area contributed by atoms with Crippen molar-refractivity contribution in [2.45, 2.75) is 75.3 Å². The zero-order valence-electron chi connectivity index (χ0n) is 51.5. The number of rotatable bonds is 9. The number of benzene rings is 10. The van der Waals surface area contributed by atoms with Crippen LogP contribution in [0.4, 0.5) is 105 Å². The van der Waals surface area contributed by atoms with Crippen LogP contribution in [-0.4, -0.2) is 6.15 Å². The van der Waals surface area contributed by atoms with Gasteiger partial charge in [-0.25, -0.2) is 0 Å². The normalized spacial score (nSPS) is 13.5. The van der Waals surface area contributed by atoms with Gasteiger partial charge in [-0.05, 0) is 103 Å². The van der Waals surface area contributed by atoms with Gasteiger partial charge in [0.25, 0.3) is 0 Å². The van der Waals surface area contributed by atoms with Crippen molar-refractivity contribution in [3.05, 3.63) is 282 Å². The average molecular weight is 1500 g/mol. The third kappa shape index (κ3) is 17.0. The molecule has 0 aliphatic carbocycles. The quantitative estimate of drug-likeness (QED) is 0.107. The van der Waals surface area contributed by atoms with E-state index in [1.807, 2.05) is 0 Å². The largest absolute Gasteiger partial charge is 2.00 e. The number of halogens is 24. The van der Waals surface area contributed by atoms with Gasteiger partial charge in [-0.2, -0.15) is 132 Å². The predicted octanol–water partition coefficient (Wildman–Crippen LogP) is 23.1. The molecule has 0 saturated carbocycles. The molecule has 0 aliphatic heterocycles. The molecule has 0 saturated heterocycles. The first-order chi connectivity index (χ1) is 46.4. The van der Waals surface area contributed by atoms with Gasteiger partial charge in [0, 0.05) is 22.9 Å². The van der Waals surface area contributed by atoms with Gasteiger partial charge >= 0.3 is 74.1 Å². The Morgan fingerprint density at radius 1 is 0.327 bits per heavy atom. The van der Waals surface area contributed by atoms with Crippen LogP contribution in [0.2, 0.25) is 0 Å². The molecule has 0 unspecified atom stereocenters. The van der Waals surface area contributed by atoms with E-state index in [9.17, 15) is 105 Å². The molecule has 0 aliphatic rings. The van der Waals surface area contributed by atoms with E-state index in [1.54, 1.807) is 0 Å². The summed E-state index contributed by atoms with van der Waals surface area (Å²) in [6.07, 6.45) is -53.3. The number of hydrogen-bond donors (Lipinski definition) is 0. The standard InChI is InChI=1S/C36H30NO2P.C32H12BF24.C3H5.Ni/c1-25(27-13-5-3-6-14-27)37(26(2)28-15-7-4-8-16-28)40-38-33-23-21-29-17-9-11-19-31(29)35(33)36-32-20-12-10-18-30(32)22-24-34(36)39-40;34-25(35,36)13-1-14(26(37,38)39)6-21(5-13)33(22-7-15(27(40,41)42)2-16(8-22)28(43,44)45,23-9-17(29(46,47)48)3-18(10-23)30(49,50)51)24-11-19(31(52,53)54)4-20(12-24)32(55,56)57;1-3-2;/h3-26H,1-2H3;1-12H;3H,1-2H2;/q;-1;;+2/t25-,26-;;;/m0.../s1. The van der Waals surface area contributed by atoms with Crippen molar-refractivity contribution in [3.8, 4) is 0 Å². The van der Waals surface area contributed by atoms with Crippen LogP contribution in [0.25, 0.3) is 43.5 Å². The average Bonchev–Trinajstić information content (AvgIpc) is 0.955. The van der Waals surface area contributed by atoms with Crippen LogP contribution in [-0.2, 0) is 65.9 Å². The summed E-state index contributed by atoms with van der Waals surface area (Å²) in [5.74, 6) is 0. The van der Waals surface area contributed by atoms with E-state index in [1.165, 1.54) is 28.3 Å². The third-order valence-corrected chi connectivity index (χ3v) is 18.1. The molecule has 0 spiro atoms. The zero-order valence-corrected chi connectivity index (χ0v) is 53.3. The Kier molecular flexibility index (Phi) is 22.5. The van der Waals surface area contributed by atoms with Gasteiger partial charge in [-0.15, -0.1) is 0 Å². The van der Waals surface area contributed by atoms with Crippen LogP contribution in [0.3, 0.4) is 0 Å². The fraction of sp³-hybridized carbons (Fsp3) is 0.169. The van der Waals surface area contributed by atoms with Crippen molar-refractivity contribution in [1.29, 1.82) is 0 Å². The molecule has 2 atom stereocenters. The van der Waals surface area contributed by atoms with Gasteiger partial charge in [-0.3, -0.25) is 0 Å². The molecule has 0 amide bonds. The number of hydrogen-bond acceptors (Lipinski definition) is 3. The van der Waals surface area contributed by atoms with Gasteiger partial charge in [0.1, 0.15) is 17.3 Å². The van der Waals surface area contributed by atoms with Gasteiger partial charge in [0.15, 0.2) is 0 Å². The molecule has 30 heteroatoms. The summed E-state index contributed by atoms with van der Waals surface area (Å²) in [6.45, 7) is 11.0. The zero-order chi connectivity index (χ0) is 73.7. The summed E-state index contributed by atoms with van der Waals surface area (Å²) in [4.78, 5) is 0. The van der Waals surface area contributed by atoms with Crippen molar-refractivity contribution in [3.63, 3.8) is 0 Å². The molecule has 1 aromatic heterocycles. The van der Waals surface area contributed by atoms with E-state index in [2.05, 4.69) is 166 Å². The first kappa shape index (κ1) is 78.2. The van der Waals surface area contributed by atoms with Crippen molar-refractivity contribution < 1.29 is 130 Å². The Morgan fingerprint density at radius 3 is 0.772 bits per heavy atom. The predicted molar refractivity (Wildman–Crippen MR) is 334 cm³/mol. The molecule has 10 aromatic carbocycles. The summed E-state index contributed by atoms with van der Waals surface area (Å²) in [6, 6.07) is 38.2. The molecule has 101 heavy (non-hydrogen) atoms. The maximum atomic E-state index is 14.2. The molecule has 1 heterocycles. The molecule has 11 aromatic rings. The molecule has 0 bridgehead atoms. The second-order valence-electron chi connectivity index (χ2n) is 22.8.